The van der Waals surface area contributed by atoms with Gasteiger partial charge in [-0.2, -0.15) is 5.10 Å². The Labute approximate surface area is 175 Å². The average Bonchev–Trinajstić information content (AvgIpc) is 2.96. The number of benzene rings is 2. The molecule has 0 N–H and O–H groups in total. The fourth-order valence-electron chi connectivity index (χ4n) is 2.87. The lowest BCUT2D eigenvalue weighted by Gasteiger charge is -2.16. The van der Waals surface area contributed by atoms with E-state index in [2.05, 4.69) is 23.6 Å². The van der Waals surface area contributed by atoms with E-state index in [0.29, 0.717) is 23.1 Å². The Morgan fingerprint density at radius 3 is 2.50 bits per heavy atom. The minimum absolute atomic E-state index is 0.507. The molecule has 0 aliphatic rings. The lowest BCUT2D eigenvalue weighted by molar-refractivity contribution is 0.244. The van der Waals surface area contributed by atoms with Crippen LogP contribution in [0.2, 0.25) is 5.02 Å². The van der Waals surface area contributed by atoms with Crippen LogP contribution in [0.5, 0.6) is 5.75 Å². The first-order valence-electron chi connectivity index (χ1n) is 8.89. The number of aromatic nitrogens is 3. The zero-order valence-corrected chi connectivity index (χ0v) is 17.6. The van der Waals surface area contributed by atoms with Crippen LogP contribution in [0.25, 0.3) is 11.4 Å². The van der Waals surface area contributed by atoms with E-state index < -0.39 is 0 Å². The van der Waals surface area contributed by atoms with Crippen LogP contribution >= 0.6 is 23.8 Å². The second kappa shape index (κ2) is 9.19. The maximum atomic E-state index is 5.98. The SMILES string of the molecule is C=CCOc1ccc(CN(C)Cn2nc(-c3ccc(Cl)cc3)n(C)c2=S)cc1. The van der Waals surface area contributed by atoms with Crippen LogP contribution in [-0.2, 0) is 20.3 Å². The lowest BCUT2D eigenvalue weighted by atomic mass is 10.2. The Morgan fingerprint density at radius 1 is 1.18 bits per heavy atom. The van der Waals surface area contributed by atoms with Crippen LogP contribution < -0.4 is 4.74 Å². The summed E-state index contributed by atoms with van der Waals surface area (Å²) in [5.41, 5.74) is 2.17. The van der Waals surface area contributed by atoms with Crippen molar-refractivity contribution >= 4 is 23.8 Å². The summed E-state index contributed by atoms with van der Waals surface area (Å²) < 4.78 is 9.94. The van der Waals surface area contributed by atoms with Gasteiger partial charge in [0.2, 0.25) is 0 Å². The Kier molecular flexibility index (Phi) is 6.67. The first-order valence-corrected chi connectivity index (χ1v) is 9.67. The maximum Gasteiger partial charge on any atom is 0.199 e. The molecule has 0 amide bonds. The van der Waals surface area contributed by atoms with Gasteiger partial charge in [0.05, 0.1) is 6.67 Å². The number of hydrogen-bond donors (Lipinski definition) is 0. The summed E-state index contributed by atoms with van der Waals surface area (Å²) in [7, 11) is 3.97. The molecule has 146 valence electrons. The van der Waals surface area contributed by atoms with Crippen molar-refractivity contribution in [2.75, 3.05) is 13.7 Å². The maximum absolute atomic E-state index is 5.98. The van der Waals surface area contributed by atoms with E-state index in [0.717, 1.165) is 23.7 Å². The lowest BCUT2D eigenvalue weighted by Crippen LogP contribution is -2.22. The Balaban J connectivity index is 1.69. The van der Waals surface area contributed by atoms with E-state index in [-0.39, 0.29) is 0 Å². The summed E-state index contributed by atoms with van der Waals surface area (Å²) in [6.45, 7) is 5.53. The molecule has 2 aromatic carbocycles. The van der Waals surface area contributed by atoms with E-state index in [1.54, 1.807) is 6.08 Å². The molecular weight excluding hydrogens is 392 g/mol. The van der Waals surface area contributed by atoms with Crippen molar-refractivity contribution in [2.45, 2.75) is 13.2 Å². The number of rotatable bonds is 8. The molecule has 0 spiro atoms. The van der Waals surface area contributed by atoms with Gasteiger partial charge >= 0.3 is 0 Å². The molecule has 0 bridgehead atoms. The van der Waals surface area contributed by atoms with Gasteiger partial charge in [-0.1, -0.05) is 36.4 Å². The molecule has 0 radical (unpaired) electrons. The molecule has 0 aliphatic carbocycles. The van der Waals surface area contributed by atoms with Gasteiger partial charge < -0.3 is 9.30 Å². The predicted octanol–water partition coefficient (Wildman–Crippen LogP) is 4.93. The quantitative estimate of drug-likeness (QED) is 0.387. The molecule has 1 heterocycles. The van der Waals surface area contributed by atoms with E-state index >= 15 is 0 Å². The summed E-state index contributed by atoms with van der Waals surface area (Å²) in [6, 6.07) is 15.7. The van der Waals surface area contributed by atoms with Crippen molar-refractivity contribution in [3.05, 3.63) is 76.5 Å². The molecule has 0 fully saturated rings. The zero-order chi connectivity index (χ0) is 20.1. The molecule has 28 heavy (non-hydrogen) atoms. The summed E-state index contributed by atoms with van der Waals surface area (Å²) in [5.74, 6) is 1.66. The van der Waals surface area contributed by atoms with Crippen molar-refractivity contribution in [3.8, 4) is 17.1 Å². The van der Waals surface area contributed by atoms with Crippen molar-refractivity contribution < 1.29 is 4.74 Å². The second-order valence-electron chi connectivity index (χ2n) is 6.57. The van der Waals surface area contributed by atoms with E-state index in [1.165, 1.54) is 5.56 Å². The molecule has 1 aromatic heterocycles. The molecule has 5 nitrogen and oxygen atoms in total. The molecule has 7 heteroatoms. The first-order chi connectivity index (χ1) is 13.5. The van der Waals surface area contributed by atoms with Crippen molar-refractivity contribution in [3.63, 3.8) is 0 Å². The monoisotopic (exact) mass is 414 g/mol. The molecule has 0 unspecified atom stereocenters. The van der Waals surface area contributed by atoms with Gasteiger partial charge in [-0.3, -0.25) is 4.90 Å². The van der Waals surface area contributed by atoms with Gasteiger partial charge in [-0.05, 0) is 61.2 Å². The van der Waals surface area contributed by atoms with Gasteiger partial charge in [0.25, 0.3) is 0 Å². The number of halogens is 1. The fraction of sp³-hybridized carbons (Fsp3) is 0.238. The highest BCUT2D eigenvalue weighted by Gasteiger charge is 2.11. The number of hydrogen-bond acceptors (Lipinski definition) is 4. The Bertz CT molecular complexity index is 993. The van der Waals surface area contributed by atoms with Crippen molar-refractivity contribution in [2.24, 2.45) is 7.05 Å². The summed E-state index contributed by atoms with van der Waals surface area (Å²) in [5, 5.41) is 5.40. The number of ether oxygens (including phenoxy) is 1. The van der Waals surface area contributed by atoms with E-state index in [9.17, 15) is 0 Å². The third kappa shape index (κ3) is 4.90. The molecule has 0 saturated carbocycles. The Hall–Kier alpha value is -2.41. The van der Waals surface area contributed by atoms with Crippen LogP contribution in [-0.4, -0.2) is 32.9 Å². The normalized spacial score (nSPS) is 11.0. The third-order valence-electron chi connectivity index (χ3n) is 4.26. The summed E-state index contributed by atoms with van der Waals surface area (Å²) in [4.78, 5) is 2.16. The zero-order valence-electron chi connectivity index (χ0n) is 16.0. The van der Waals surface area contributed by atoms with Crippen LogP contribution in [0.4, 0.5) is 0 Å². The fourth-order valence-corrected chi connectivity index (χ4v) is 3.18. The Morgan fingerprint density at radius 2 is 1.86 bits per heavy atom. The highest BCUT2D eigenvalue weighted by molar-refractivity contribution is 7.71. The van der Waals surface area contributed by atoms with E-state index in [1.807, 2.05) is 59.7 Å². The molecule has 0 saturated heterocycles. The van der Waals surface area contributed by atoms with Crippen LogP contribution in [0.3, 0.4) is 0 Å². The standard InChI is InChI=1S/C21H23ClN4OS/c1-4-13-27-19-11-5-16(6-12-19)14-24(2)15-26-21(28)25(3)20(23-26)17-7-9-18(22)10-8-17/h4-12H,1,13-15H2,2-3H3. The van der Waals surface area contributed by atoms with Gasteiger partial charge in [-0.15, -0.1) is 0 Å². The first kappa shape index (κ1) is 20.3. The van der Waals surface area contributed by atoms with E-state index in [4.69, 9.17) is 33.7 Å². The highest BCUT2D eigenvalue weighted by atomic mass is 35.5. The van der Waals surface area contributed by atoms with Gasteiger partial charge in [-0.25, -0.2) is 4.68 Å². The molecule has 0 atom stereocenters. The minimum Gasteiger partial charge on any atom is -0.490 e. The molecule has 3 aromatic rings. The molecular formula is C21H23ClN4OS. The van der Waals surface area contributed by atoms with Crippen molar-refractivity contribution in [1.29, 1.82) is 0 Å². The minimum atomic E-state index is 0.507. The van der Waals surface area contributed by atoms with Crippen LogP contribution in [0.1, 0.15) is 5.56 Å². The van der Waals surface area contributed by atoms with Crippen LogP contribution in [0, 0.1) is 4.77 Å². The third-order valence-corrected chi connectivity index (χ3v) is 5.00. The topological polar surface area (TPSA) is 35.2 Å². The number of nitrogens with zero attached hydrogens (tertiary/aromatic N) is 4. The molecule has 3 rings (SSSR count). The van der Waals surface area contributed by atoms with Gasteiger partial charge in [0, 0.05) is 24.2 Å². The van der Waals surface area contributed by atoms with Gasteiger partial charge in [0.15, 0.2) is 10.6 Å². The molecule has 0 aliphatic heterocycles. The van der Waals surface area contributed by atoms with Crippen molar-refractivity contribution in [1.82, 2.24) is 19.2 Å². The van der Waals surface area contributed by atoms with Gasteiger partial charge in [0.1, 0.15) is 12.4 Å². The summed E-state index contributed by atoms with van der Waals surface area (Å²) in [6.07, 6.45) is 1.73. The summed E-state index contributed by atoms with van der Waals surface area (Å²) >= 11 is 11.6. The predicted molar refractivity (Wildman–Crippen MR) is 116 cm³/mol. The highest BCUT2D eigenvalue weighted by Crippen LogP contribution is 2.20. The van der Waals surface area contributed by atoms with Crippen LogP contribution in [0.15, 0.2) is 61.2 Å². The second-order valence-corrected chi connectivity index (χ2v) is 7.37. The smallest absolute Gasteiger partial charge is 0.199 e. The average molecular weight is 415 g/mol. The largest absolute Gasteiger partial charge is 0.490 e.